The van der Waals surface area contributed by atoms with Gasteiger partial charge in [-0.2, -0.15) is 0 Å². The molecule has 6 aliphatic rings. The van der Waals surface area contributed by atoms with Crippen molar-refractivity contribution in [3.05, 3.63) is 0 Å². The van der Waals surface area contributed by atoms with E-state index in [1.807, 2.05) is 0 Å². The van der Waals surface area contributed by atoms with Crippen LogP contribution in [0.25, 0.3) is 0 Å². The Bertz CT molecular complexity index is 632. The summed E-state index contributed by atoms with van der Waals surface area (Å²) in [6.45, 7) is 0.971. The summed E-state index contributed by atoms with van der Waals surface area (Å²) in [6, 6.07) is -0.323. The predicted molar refractivity (Wildman–Crippen MR) is 99.7 cm³/mol. The first-order chi connectivity index (χ1) is 13.0. The lowest BCUT2D eigenvalue weighted by atomic mass is 9.49. The van der Waals surface area contributed by atoms with E-state index < -0.39 is 5.54 Å². The molecule has 1 aliphatic heterocycles. The molecule has 0 radical (unpaired) electrons. The van der Waals surface area contributed by atoms with Crippen molar-refractivity contribution in [3.63, 3.8) is 0 Å². The molecule has 6 heteroatoms. The van der Waals surface area contributed by atoms with Crippen LogP contribution in [0, 0.1) is 23.2 Å². The molecule has 1 heterocycles. The third kappa shape index (κ3) is 2.95. The summed E-state index contributed by atoms with van der Waals surface area (Å²) in [5.41, 5.74) is -0.355. The van der Waals surface area contributed by atoms with Crippen LogP contribution in [0.1, 0.15) is 70.6 Å². The van der Waals surface area contributed by atoms with E-state index in [9.17, 15) is 14.4 Å². The van der Waals surface area contributed by atoms with Crippen molar-refractivity contribution in [1.29, 1.82) is 0 Å². The fourth-order valence-electron chi connectivity index (χ4n) is 7.29. The van der Waals surface area contributed by atoms with Crippen LogP contribution in [0.5, 0.6) is 0 Å². The maximum atomic E-state index is 12.7. The number of amides is 4. The van der Waals surface area contributed by atoms with Crippen LogP contribution < -0.4 is 10.6 Å². The van der Waals surface area contributed by atoms with E-state index in [-0.39, 0.29) is 30.8 Å². The largest absolute Gasteiger partial charge is 0.355 e. The van der Waals surface area contributed by atoms with Crippen molar-refractivity contribution >= 4 is 17.8 Å². The first-order valence-electron chi connectivity index (χ1n) is 10.9. The summed E-state index contributed by atoms with van der Waals surface area (Å²) < 4.78 is 0. The van der Waals surface area contributed by atoms with Gasteiger partial charge >= 0.3 is 6.03 Å². The summed E-state index contributed by atoms with van der Waals surface area (Å²) >= 11 is 0. The zero-order chi connectivity index (χ0) is 18.6. The van der Waals surface area contributed by atoms with Gasteiger partial charge in [0.15, 0.2) is 0 Å². The Morgan fingerprint density at radius 2 is 1.63 bits per heavy atom. The molecule has 6 fully saturated rings. The molecule has 1 spiro atoms. The topological polar surface area (TPSA) is 78.5 Å². The van der Waals surface area contributed by atoms with E-state index in [0.29, 0.717) is 5.41 Å². The van der Waals surface area contributed by atoms with Crippen molar-refractivity contribution in [2.24, 2.45) is 23.2 Å². The Labute approximate surface area is 160 Å². The Hall–Kier alpha value is -1.59. The van der Waals surface area contributed by atoms with Gasteiger partial charge in [-0.3, -0.25) is 14.5 Å². The number of carbonyl (C=O) groups excluding carboxylic acids is 3. The lowest BCUT2D eigenvalue weighted by molar-refractivity contribution is -0.131. The third-order valence-electron chi connectivity index (χ3n) is 8.09. The molecule has 0 atom stereocenters. The molecule has 5 saturated carbocycles. The molecule has 0 aromatic carbocycles. The summed E-state index contributed by atoms with van der Waals surface area (Å²) in [5, 5.41) is 6.03. The number of rotatable bonds is 5. The van der Waals surface area contributed by atoms with Gasteiger partial charge in [0.1, 0.15) is 5.54 Å². The van der Waals surface area contributed by atoms with Gasteiger partial charge in [-0.25, -0.2) is 4.79 Å². The van der Waals surface area contributed by atoms with Crippen LogP contribution in [0.15, 0.2) is 0 Å². The SMILES string of the molecule is O=C(CCN1C(=O)NC2(CCCC2)C1=O)NCC12CC3CC(CC(C3)C1)C2. The van der Waals surface area contributed by atoms with Gasteiger partial charge in [-0.15, -0.1) is 0 Å². The van der Waals surface area contributed by atoms with Gasteiger partial charge in [0.25, 0.3) is 5.91 Å². The molecule has 0 aromatic heterocycles. The normalized spacial score (nSPS) is 38.7. The second-order valence-corrected chi connectivity index (χ2v) is 10.1. The van der Waals surface area contributed by atoms with E-state index in [1.165, 1.54) is 43.4 Å². The van der Waals surface area contributed by atoms with Gasteiger partial charge in [-0.05, 0) is 74.5 Å². The molecule has 148 valence electrons. The highest BCUT2D eigenvalue weighted by atomic mass is 16.2. The maximum Gasteiger partial charge on any atom is 0.325 e. The summed E-state index contributed by atoms with van der Waals surface area (Å²) in [5.74, 6) is 2.47. The quantitative estimate of drug-likeness (QED) is 0.727. The minimum Gasteiger partial charge on any atom is -0.355 e. The molecule has 0 unspecified atom stereocenters. The van der Waals surface area contributed by atoms with E-state index in [2.05, 4.69) is 10.6 Å². The van der Waals surface area contributed by atoms with E-state index in [4.69, 9.17) is 0 Å². The molecular weight excluding hydrogens is 342 g/mol. The number of nitrogens with zero attached hydrogens (tertiary/aromatic N) is 1. The highest BCUT2D eigenvalue weighted by Gasteiger charge is 2.53. The van der Waals surface area contributed by atoms with Crippen molar-refractivity contribution in [2.75, 3.05) is 13.1 Å². The fourth-order valence-corrected chi connectivity index (χ4v) is 7.29. The second kappa shape index (κ2) is 6.21. The zero-order valence-electron chi connectivity index (χ0n) is 16.1. The first kappa shape index (κ1) is 17.5. The van der Waals surface area contributed by atoms with Crippen LogP contribution in [0.3, 0.4) is 0 Å². The first-order valence-corrected chi connectivity index (χ1v) is 10.9. The minimum absolute atomic E-state index is 0.0290. The molecule has 5 aliphatic carbocycles. The van der Waals surface area contributed by atoms with Gasteiger partial charge < -0.3 is 10.6 Å². The average Bonchev–Trinajstić information content (AvgIpc) is 3.16. The number of urea groups is 1. The van der Waals surface area contributed by atoms with Crippen LogP contribution in [-0.4, -0.2) is 41.4 Å². The van der Waals surface area contributed by atoms with Crippen LogP contribution >= 0.6 is 0 Å². The summed E-state index contributed by atoms with van der Waals surface area (Å²) in [4.78, 5) is 38.6. The average molecular weight is 373 g/mol. The molecule has 4 bridgehead atoms. The van der Waals surface area contributed by atoms with Crippen LogP contribution in [-0.2, 0) is 9.59 Å². The number of hydrogen-bond donors (Lipinski definition) is 2. The van der Waals surface area contributed by atoms with Gasteiger partial charge in [0, 0.05) is 19.5 Å². The Balaban J connectivity index is 1.13. The predicted octanol–water partition coefficient (Wildman–Crippen LogP) is 2.57. The van der Waals surface area contributed by atoms with Crippen molar-refractivity contribution in [1.82, 2.24) is 15.5 Å². The molecule has 4 amide bonds. The van der Waals surface area contributed by atoms with Gasteiger partial charge in [0.2, 0.25) is 5.91 Å². The number of imide groups is 1. The Morgan fingerprint density at radius 3 is 2.22 bits per heavy atom. The zero-order valence-corrected chi connectivity index (χ0v) is 16.1. The van der Waals surface area contributed by atoms with E-state index in [1.54, 1.807) is 0 Å². The number of nitrogens with one attached hydrogen (secondary N) is 2. The monoisotopic (exact) mass is 373 g/mol. The minimum atomic E-state index is -0.674. The third-order valence-corrected chi connectivity index (χ3v) is 8.09. The van der Waals surface area contributed by atoms with E-state index in [0.717, 1.165) is 50.0 Å². The van der Waals surface area contributed by atoms with Crippen molar-refractivity contribution < 1.29 is 14.4 Å². The molecule has 1 saturated heterocycles. The van der Waals surface area contributed by atoms with Gasteiger partial charge in [0.05, 0.1) is 0 Å². The molecule has 0 aromatic rings. The highest BCUT2D eigenvalue weighted by Crippen LogP contribution is 2.59. The van der Waals surface area contributed by atoms with Crippen molar-refractivity contribution in [2.45, 2.75) is 76.2 Å². The summed E-state index contributed by atoms with van der Waals surface area (Å²) in [7, 11) is 0. The molecule has 6 rings (SSSR count). The Kier molecular flexibility index (Phi) is 4.03. The van der Waals surface area contributed by atoms with Crippen LogP contribution in [0.4, 0.5) is 4.79 Å². The molecule has 2 N–H and O–H groups in total. The highest BCUT2D eigenvalue weighted by molar-refractivity contribution is 6.07. The number of hydrogen-bond acceptors (Lipinski definition) is 3. The van der Waals surface area contributed by atoms with Gasteiger partial charge in [-0.1, -0.05) is 12.8 Å². The van der Waals surface area contributed by atoms with E-state index >= 15 is 0 Å². The van der Waals surface area contributed by atoms with Crippen LogP contribution in [0.2, 0.25) is 0 Å². The lowest BCUT2D eigenvalue weighted by Gasteiger charge is -2.56. The summed E-state index contributed by atoms with van der Waals surface area (Å²) in [6.07, 6.45) is 11.7. The number of carbonyl (C=O) groups is 3. The maximum absolute atomic E-state index is 12.7. The fraction of sp³-hybridized carbons (Fsp3) is 0.857. The molecule has 6 nitrogen and oxygen atoms in total. The molecule has 27 heavy (non-hydrogen) atoms. The molecular formula is C21H31N3O3. The second-order valence-electron chi connectivity index (χ2n) is 10.1. The van der Waals surface area contributed by atoms with Crippen molar-refractivity contribution in [3.8, 4) is 0 Å². The smallest absolute Gasteiger partial charge is 0.325 e. The lowest BCUT2D eigenvalue weighted by Crippen LogP contribution is -2.51. The Morgan fingerprint density at radius 1 is 1.04 bits per heavy atom. The standard InChI is InChI=1S/C21H31N3O3/c25-17(3-6-24-18(26)21(23-19(24)27)4-1-2-5-21)22-13-20-10-14-7-15(11-20)9-16(8-14)12-20/h14-16H,1-13H2,(H,22,25)(H,23,27).